The molecule has 0 rings (SSSR count). The molecule has 4 heteroatoms. The number of halogens is 1. The van der Waals surface area contributed by atoms with Crippen LogP contribution in [0.5, 0.6) is 0 Å². The van der Waals surface area contributed by atoms with Crippen LogP contribution in [0.3, 0.4) is 0 Å². The standard InChI is InChI=1S/C5H9NO.C2H7N.CH3Cl/c1-3-5(7)6-4-2;1-3-2;1-2/h3H,1,4H2,2H3,(H,6,7);3H,1-2H3;1H3. The van der Waals surface area contributed by atoms with Crippen molar-refractivity contribution < 1.29 is 4.79 Å². The molecule has 0 saturated heterocycles. The van der Waals surface area contributed by atoms with Crippen molar-refractivity contribution in [2.24, 2.45) is 0 Å². The summed E-state index contributed by atoms with van der Waals surface area (Å²) in [6, 6.07) is 0. The van der Waals surface area contributed by atoms with Gasteiger partial charge in [-0.05, 0) is 27.1 Å². The lowest BCUT2D eigenvalue weighted by molar-refractivity contribution is -0.116. The highest BCUT2D eigenvalue weighted by Gasteiger charge is 1.83. The molecule has 0 aliphatic carbocycles. The van der Waals surface area contributed by atoms with Gasteiger partial charge in [-0.2, -0.15) is 0 Å². The molecule has 2 N–H and O–H groups in total. The summed E-state index contributed by atoms with van der Waals surface area (Å²) in [5.41, 5.74) is 0. The lowest BCUT2D eigenvalue weighted by atomic mass is 10.6. The van der Waals surface area contributed by atoms with Crippen molar-refractivity contribution in [3.8, 4) is 0 Å². The van der Waals surface area contributed by atoms with Crippen LogP contribution in [-0.2, 0) is 4.79 Å². The van der Waals surface area contributed by atoms with E-state index in [1.165, 1.54) is 12.5 Å². The molecule has 0 unspecified atom stereocenters. The number of carbonyl (C=O) groups is 1. The lowest BCUT2D eigenvalue weighted by Gasteiger charge is -1.90. The Hall–Kier alpha value is -0.540. The normalized spacial score (nSPS) is 6.42. The molecule has 3 nitrogen and oxygen atoms in total. The van der Waals surface area contributed by atoms with Crippen LogP contribution in [0.2, 0.25) is 0 Å². The number of alkyl halides is 1. The molecule has 0 radical (unpaired) electrons. The number of likely N-dealkylation sites (N-methyl/N-ethyl adjacent to an activating group) is 1. The van der Waals surface area contributed by atoms with E-state index in [-0.39, 0.29) is 5.91 Å². The molecule has 0 heterocycles. The van der Waals surface area contributed by atoms with Crippen molar-refractivity contribution in [3.63, 3.8) is 0 Å². The quantitative estimate of drug-likeness (QED) is 0.509. The Morgan fingerprint density at radius 3 is 1.92 bits per heavy atom. The molecular weight excluding hydrogens is 176 g/mol. The first-order valence-electron chi connectivity index (χ1n) is 3.59. The van der Waals surface area contributed by atoms with E-state index >= 15 is 0 Å². The molecule has 0 aliphatic heterocycles. The maximum Gasteiger partial charge on any atom is 0.243 e. The fourth-order valence-electron chi connectivity index (χ4n) is 0.246. The van der Waals surface area contributed by atoms with Gasteiger partial charge in [0.25, 0.3) is 0 Å². The summed E-state index contributed by atoms with van der Waals surface area (Å²) in [6.07, 6.45) is 2.73. The van der Waals surface area contributed by atoms with Gasteiger partial charge in [-0.25, -0.2) is 0 Å². The van der Waals surface area contributed by atoms with Crippen LogP contribution < -0.4 is 10.6 Å². The van der Waals surface area contributed by atoms with E-state index < -0.39 is 0 Å². The summed E-state index contributed by atoms with van der Waals surface area (Å²) < 4.78 is 0. The maximum atomic E-state index is 10.2. The molecule has 0 aromatic rings. The fraction of sp³-hybridized carbons (Fsp3) is 0.625. The van der Waals surface area contributed by atoms with E-state index in [1.54, 1.807) is 0 Å². The van der Waals surface area contributed by atoms with E-state index in [2.05, 4.69) is 28.8 Å². The van der Waals surface area contributed by atoms with Gasteiger partial charge in [0, 0.05) is 12.9 Å². The van der Waals surface area contributed by atoms with Gasteiger partial charge in [0.2, 0.25) is 5.91 Å². The molecule has 0 aromatic heterocycles. The van der Waals surface area contributed by atoms with E-state index in [1.807, 2.05) is 21.0 Å². The second-order valence-corrected chi connectivity index (χ2v) is 1.60. The molecule has 0 fully saturated rings. The van der Waals surface area contributed by atoms with Gasteiger partial charge in [0.05, 0.1) is 0 Å². The van der Waals surface area contributed by atoms with Gasteiger partial charge < -0.3 is 10.6 Å². The second kappa shape index (κ2) is 22.4. The first-order valence-corrected chi connectivity index (χ1v) is 4.35. The average molecular weight is 195 g/mol. The summed E-state index contributed by atoms with van der Waals surface area (Å²) >= 11 is 4.64. The van der Waals surface area contributed by atoms with Crippen molar-refractivity contribution in [1.29, 1.82) is 0 Å². The fourth-order valence-corrected chi connectivity index (χ4v) is 0.246. The summed E-state index contributed by atoms with van der Waals surface area (Å²) in [4.78, 5) is 10.2. The zero-order chi connectivity index (χ0) is 10.4. The lowest BCUT2D eigenvalue weighted by Crippen LogP contribution is -2.19. The van der Waals surface area contributed by atoms with Crippen molar-refractivity contribution in [3.05, 3.63) is 12.7 Å². The maximum absolute atomic E-state index is 10.2. The van der Waals surface area contributed by atoms with Gasteiger partial charge in [0.15, 0.2) is 0 Å². The molecule has 1 amide bonds. The minimum absolute atomic E-state index is 0.109. The predicted octanol–water partition coefficient (Wildman–Crippen LogP) is 0.999. The Labute approximate surface area is 80.2 Å². The highest BCUT2D eigenvalue weighted by atomic mass is 35.5. The first-order chi connectivity index (χ1) is 5.72. The largest absolute Gasteiger partial charge is 0.353 e. The summed E-state index contributed by atoms with van der Waals surface area (Å²) in [7, 11) is 3.75. The predicted molar refractivity (Wildman–Crippen MR) is 55.6 cm³/mol. The highest BCUT2D eigenvalue weighted by Crippen LogP contribution is 1.61. The Bertz CT molecular complexity index is 97.1. The van der Waals surface area contributed by atoms with Crippen LogP contribution in [0.4, 0.5) is 0 Å². The number of hydrogen-bond donors (Lipinski definition) is 2. The van der Waals surface area contributed by atoms with Crippen molar-refractivity contribution in [1.82, 2.24) is 10.6 Å². The zero-order valence-electron chi connectivity index (χ0n) is 8.28. The average Bonchev–Trinajstić information content (AvgIpc) is 2.10. The van der Waals surface area contributed by atoms with Crippen LogP contribution in [-0.4, -0.2) is 32.9 Å². The highest BCUT2D eigenvalue weighted by molar-refractivity contribution is 6.15. The molecule has 0 saturated carbocycles. The van der Waals surface area contributed by atoms with E-state index in [0.717, 1.165) is 0 Å². The number of carbonyl (C=O) groups excluding carboxylic acids is 1. The van der Waals surface area contributed by atoms with Crippen LogP contribution >= 0.6 is 11.6 Å². The third kappa shape index (κ3) is 34.0. The third-order valence-corrected chi connectivity index (χ3v) is 0.536. The van der Waals surface area contributed by atoms with E-state index in [9.17, 15) is 4.79 Å². The summed E-state index contributed by atoms with van der Waals surface area (Å²) in [5.74, 6) is -0.109. The molecule has 74 valence electrons. The van der Waals surface area contributed by atoms with Crippen LogP contribution in [0, 0.1) is 0 Å². The smallest absolute Gasteiger partial charge is 0.243 e. The SMILES string of the molecule is C=CC(=O)NCC.CCl.CNC. The van der Waals surface area contributed by atoms with Crippen LogP contribution in [0.25, 0.3) is 0 Å². The van der Waals surface area contributed by atoms with Gasteiger partial charge >= 0.3 is 0 Å². The zero-order valence-corrected chi connectivity index (χ0v) is 9.03. The van der Waals surface area contributed by atoms with Gasteiger partial charge in [-0.15, -0.1) is 11.6 Å². The molecule has 0 bridgehead atoms. The van der Waals surface area contributed by atoms with Gasteiger partial charge in [-0.3, -0.25) is 4.79 Å². The van der Waals surface area contributed by atoms with E-state index in [0.29, 0.717) is 6.54 Å². The van der Waals surface area contributed by atoms with E-state index in [4.69, 9.17) is 0 Å². The number of hydrogen-bond acceptors (Lipinski definition) is 2. The third-order valence-electron chi connectivity index (χ3n) is 0.536. The molecule has 0 spiro atoms. The van der Waals surface area contributed by atoms with Crippen LogP contribution in [0.1, 0.15) is 6.92 Å². The topological polar surface area (TPSA) is 41.1 Å². The monoisotopic (exact) mass is 194 g/mol. The second-order valence-electron chi connectivity index (χ2n) is 1.60. The van der Waals surface area contributed by atoms with Gasteiger partial charge in [-0.1, -0.05) is 6.58 Å². The number of nitrogens with one attached hydrogen (secondary N) is 2. The van der Waals surface area contributed by atoms with Crippen LogP contribution in [0.15, 0.2) is 12.7 Å². The Morgan fingerprint density at radius 2 is 1.83 bits per heavy atom. The summed E-state index contributed by atoms with van der Waals surface area (Å²) in [6.45, 7) is 5.80. The summed E-state index contributed by atoms with van der Waals surface area (Å²) in [5, 5.41) is 5.29. The minimum Gasteiger partial charge on any atom is -0.353 e. The molecule has 0 aromatic carbocycles. The van der Waals surface area contributed by atoms with Crippen molar-refractivity contribution in [2.45, 2.75) is 6.92 Å². The number of rotatable bonds is 2. The molecule has 12 heavy (non-hydrogen) atoms. The Kier molecular flexibility index (Phi) is 32.7. The Morgan fingerprint density at radius 1 is 1.50 bits per heavy atom. The first kappa shape index (κ1) is 17.5. The van der Waals surface area contributed by atoms with Crippen molar-refractivity contribution in [2.75, 3.05) is 27.0 Å². The molecule has 0 aliphatic rings. The van der Waals surface area contributed by atoms with Crippen molar-refractivity contribution >= 4 is 17.5 Å². The molecular formula is C8H19ClN2O. The number of amides is 1. The minimum atomic E-state index is -0.109. The molecule has 0 atom stereocenters. The Balaban J connectivity index is -0.000000137. The van der Waals surface area contributed by atoms with Gasteiger partial charge in [0.1, 0.15) is 0 Å².